The number of nitro groups is 1. The molecule has 1 spiro atoms. The van der Waals surface area contributed by atoms with Crippen molar-refractivity contribution >= 4 is 44.0 Å². The fraction of sp³-hybridized carbons (Fsp3) is 0.451. The van der Waals surface area contributed by atoms with Crippen LogP contribution in [0.5, 0.6) is 11.5 Å². The number of pyridine rings is 1. The SMILES string of the molecule is C#Cc1nc2[nH]cc(F)c2cc1Oc1cc(N2CCC3(CC2)CN([C@H]2CCC[C@H]2c2ccccc2C(C)C)C3)ccc1C(=O)NS(=O)(=O)c1ccc(NC[C@H]2CC[C@](C)(O)CC2)c([N+](=O)[O-])c1. The van der Waals surface area contributed by atoms with Crippen molar-refractivity contribution in [1.82, 2.24) is 19.6 Å². The number of fused-ring (bicyclic) bond motifs is 1. The monoisotopic (exact) mass is 931 g/mol. The number of aromatic nitrogens is 2. The molecule has 2 aromatic heterocycles. The van der Waals surface area contributed by atoms with Crippen LogP contribution >= 0.6 is 0 Å². The number of nitrogens with one attached hydrogen (secondary N) is 3. The summed E-state index contributed by atoms with van der Waals surface area (Å²) in [6, 6.07) is 19.1. The Morgan fingerprint density at radius 2 is 1.79 bits per heavy atom. The van der Waals surface area contributed by atoms with E-state index in [9.17, 15) is 32.8 Å². The second-order valence-corrected chi connectivity index (χ2v) is 21.4. The summed E-state index contributed by atoms with van der Waals surface area (Å²) in [5.74, 6) is 1.94. The number of aromatic amines is 1. The number of hydrogen-bond donors (Lipinski definition) is 4. The molecule has 0 bridgehead atoms. The molecule has 0 unspecified atom stereocenters. The molecule has 3 aromatic carbocycles. The normalized spacial score (nSPS) is 22.9. The van der Waals surface area contributed by atoms with Crippen LogP contribution in [-0.2, 0) is 10.0 Å². The van der Waals surface area contributed by atoms with Crippen LogP contribution in [0.25, 0.3) is 11.0 Å². The lowest BCUT2D eigenvalue weighted by molar-refractivity contribution is -0.384. The molecule has 9 rings (SSSR count). The number of aliphatic hydroxyl groups is 1. The highest BCUT2D eigenvalue weighted by atomic mass is 32.2. The summed E-state index contributed by atoms with van der Waals surface area (Å²) in [5, 5.41) is 25.7. The molecular weight excluding hydrogens is 874 g/mol. The molecule has 4 N–H and O–H groups in total. The highest BCUT2D eigenvalue weighted by Crippen LogP contribution is 2.49. The van der Waals surface area contributed by atoms with Crippen LogP contribution in [0.3, 0.4) is 0 Å². The first-order valence-electron chi connectivity index (χ1n) is 23.4. The standard InChI is InChI=1S/C51H58FN7O7S/c1-5-42-47(27-40-41(52)29-54-48(40)55-42)66-46-25-34(57-23-21-51(22-24-57)30-58(31-51)44-12-8-11-38(44)37-10-7-6-9-36(37)32(2)3)13-15-39(46)49(60)56-67(64,65)35-14-16-43(45(26-35)59(62)63)53-28-33-17-19-50(4,61)20-18-33/h1,6-7,9-10,13-16,25-27,29,32-33,38,44,53,61H,8,11-12,17-24,28,30-31H2,2-4H3,(H,54,55)(H,56,60)/t33-,38-,44-,50-/m0/s1. The molecule has 4 aliphatic rings. The van der Waals surface area contributed by atoms with Gasteiger partial charge < -0.3 is 25.0 Å². The second kappa shape index (κ2) is 18.2. The summed E-state index contributed by atoms with van der Waals surface area (Å²) in [6.07, 6.45) is 15.3. The molecule has 352 valence electrons. The quantitative estimate of drug-likeness (QED) is 0.0502. The Morgan fingerprint density at radius 1 is 1.04 bits per heavy atom. The lowest BCUT2D eigenvalue weighted by Crippen LogP contribution is -2.63. The lowest BCUT2D eigenvalue weighted by Gasteiger charge is -2.57. The number of anilines is 2. The van der Waals surface area contributed by atoms with E-state index in [1.165, 1.54) is 54.7 Å². The molecule has 5 aromatic rings. The summed E-state index contributed by atoms with van der Waals surface area (Å²) in [5.41, 5.74) is 2.90. The highest BCUT2D eigenvalue weighted by Gasteiger charge is 2.49. The fourth-order valence-corrected chi connectivity index (χ4v) is 12.0. The van der Waals surface area contributed by atoms with E-state index in [1.807, 2.05) is 0 Å². The number of sulfonamides is 1. The van der Waals surface area contributed by atoms with E-state index in [0.29, 0.717) is 37.3 Å². The fourth-order valence-electron chi connectivity index (χ4n) is 11.0. The smallest absolute Gasteiger partial charge is 0.293 e. The summed E-state index contributed by atoms with van der Waals surface area (Å²) in [6.45, 7) is 10.4. The molecule has 2 atom stereocenters. The molecule has 2 saturated heterocycles. The Balaban J connectivity index is 0.929. The number of terminal acetylenes is 1. The molecule has 2 aliphatic carbocycles. The Bertz CT molecular complexity index is 2850. The zero-order valence-electron chi connectivity index (χ0n) is 38.2. The van der Waals surface area contributed by atoms with Crippen molar-refractivity contribution in [2.24, 2.45) is 11.3 Å². The van der Waals surface area contributed by atoms with Gasteiger partial charge in [-0.25, -0.2) is 22.5 Å². The topological polar surface area (TPSA) is 183 Å². The van der Waals surface area contributed by atoms with Gasteiger partial charge in [-0.1, -0.05) is 44.5 Å². The molecule has 0 radical (unpaired) electrons. The van der Waals surface area contributed by atoms with Gasteiger partial charge in [0, 0.05) is 62.8 Å². The van der Waals surface area contributed by atoms with E-state index in [-0.39, 0.29) is 50.8 Å². The number of likely N-dealkylation sites (tertiary alicyclic amines) is 1. The maximum Gasteiger partial charge on any atom is 0.293 e. The van der Waals surface area contributed by atoms with E-state index in [1.54, 1.807) is 19.1 Å². The molecule has 1 amide bonds. The Hall–Kier alpha value is -6.02. The highest BCUT2D eigenvalue weighted by molar-refractivity contribution is 7.90. The van der Waals surface area contributed by atoms with Gasteiger partial charge >= 0.3 is 0 Å². The van der Waals surface area contributed by atoms with Gasteiger partial charge in [-0.3, -0.25) is 19.8 Å². The average Bonchev–Trinajstić information content (AvgIpc) is 3.93. The number of carbonyl (C=O) groups is 1. The average molecular weight is 932 g/mol. The van der Waals surface area contributed by atoms with Crippen LogP contribution in [0.2, 0.25) is 0 Å². The van der Waals surface area contributed by atoms with Crippen LogP contribution in [-0.4, -0.2) is 83.6 Å². The minimum absolute atomic E-state index is 0.0201. The number of rotatable bonds is 13. The van der Waals surface area contributed by atoms with Crippen molar-refractivity contribution < 1.29 is 32.4 Å². The Labute approximate surface area is 390 Å². The summed E-state index contributed by atoms with van der Waals surface area (Å²) in [4.78, 5) is 37.1. The minimum Gasteiger partial charge on any atom is -0.453 e. The molecule has 14 nitrogen and oxygen atoms in total. The van der Waals surface area contributed by atoms with Crippen LogP contribution in [0.1, 0.15) is 118 Å². The largest absolute Gasteiger partial charge is 0.453 e. The van der Waals surface area contributed by atoms with Crippen molar-refractivity contribution in [2.75, 3.05) is 42.9 Å². The summed E-state index contributed by atoms with van der Waals surface area (Å²) in [7, 11) is -4.66. The predicted molar refractivity (Wildman–Crippen MR) is 256 cm³/mol. The third kappa shape index (κ3) is 9.46. The molecule has 2 aliphatic heterocycles. The van der Waals surface area contributed by atoms with Gasteiger partial charge in [0.1, 0.15) is 22.9 Å². The molecule has 67 heavy (non-hydrogen) atoms. The summed E-state index contributed by atoms with van der Waals surface area (Å²) >= 11 is 0. The van der Waals surface area contributed by atoms with Crippen LogP contribution < -0.4 is 19.7 Å². The lowest BCUT2D eigenvalue weighted by atomic mass is 9.70. The van der Waals surface area contributed by atoms with Gasteiger partial charge in [0.25, 0.3) is 21.6 Å². The molecular formula is C51H58FN7O7S. The first-order valence-corrected chi connectivity index (χ1v) is 24.9. The van der Waals surface area contributed by atoms with Crippen LogP contribution in [0.15, 0.2) is 77.8 Å². The number of hydrogen-bond acceptors (Lipinski definition) is 11. The maximum atomic E-state index is 14.8. The van der Waals surface area contributed by atoms with Crippen LogP contribution in [0.4, 0.5) is 21.5 Å². The zero-order chi connectivity index (χ0) is 47.3. The van der Waals surface area contributed by atoms with Crippen molar-refractivity contribution in [3.05, 3.63) is 111 Å². The number of piperidine rings is 1. The second-order valence-electron chi connectivity index (χ2n) is 19.8. The predicted octanol–water partition coefficient (Wildman–Crippen LogP) is 9.22. The first kappa shape index (κ1) is 46.1. The van der Waals surface area contributed by atoms with Crippen molar-refractivity contribution in [1.29, 1.82) is 0 Å². The van der Waals surface area contributed by atoms with Gasteiger partial charge in [0.15, 0.2) is 11.4 Å². The maximum absolute atomic E-state index is 14.8. The Kier molecular flexibility index (Phi) is 12.5. The van der Waals surface area contributed by atoms with Gasteiger partial charge in [-0.15, -0.1) is 6.42 Å². The summed E-state index contributed by atoms with van der Waals surface area (Å²) < 4.78 is 50.8. The van der Waals surface area contributed by atoms with Crippen molar-refractivity contribution in [2.45, 2.75) is 107 Å². The number of amides is 1. The molecule has 16 heteroatoms. The van der Waals surface area contributed by atoms with Gasteiger partial charge in [-0.2, -0.15) is 0 Å². The van der Waals surface area contributed by atoms with Crippen LogP contribution in [0, 0.1) is 39.6 Å². The third-order valence-electron chi connectivity index (χ3n) is 14.8. The number of H-pyrrole nitrogens is 1. The number of carbonyl (C=O) groups excluding carboxylic acids is 1. The van der Waals surface area contributed by atoms with Gasteiger partial charge in [-0.05, 0) is 129 Å². The number of nitrogens with zero attached hydrogens (tertiary/aromatic N) is 4. The number of nitro benzene ring substituents is 1. The van der Waals surface area contributed by atoms with Gasteiger partial charge in [0.2, 0.25) is 0 Å². The molecule has 2 saturated carbocycles. The zero-order valence-corrected chi connectivity index (χ0v) is 39.0. The van der Waals surface area contributed by atoms with Crippen molar-refractivity contribution in [3.63, 3.8) is 0 Å². The molecule has 4 fully saturated rings. The number of ether oxygens (including phenoxy) is 1. The molecule has 4 heterocycles. The van der Waals surface area contributed by atoms with E-state index >= 15 is 0 Å². The Morgan fingerprint density at radius 3 is 2.51 bits per heavy atom. The first-order chi connectivity index (χ1) is 32.0. The van der Waals surface area contributed by atoms with E-state index in [4.69, 9.17) is 11.2 Å². The minimum atomic E-state index is -4.66. The number of halogens is 1. The van der Waals surface area contributed by atoms with E-state index in [2.05, 4.69) is 73.8 Å². The van der Waals surface area contributed by atoms with E-state index in [0.717, 1.165) is 69.8 Å². The van der Waals surface area contributed by atoms with Crippen molar-refractivity contribution in [3.8, 4) is 23.8 Å². The third-order valence-corrected chi connectivity index (χ3v) is 16.2. The van der Waals surface area contributed by atoms with Gasteiger partial charge in [0.05, 0.1) is 26.4 Å². The van der Waals surface area contributed by atoms with E-state index < -0.39 is 42.9 Å². The number of benzene rings is 3.